The molecular weight excluding hydrogens is 378 g/mol. The van der Waals surface area contributed by atoms with Crippen LogP contribution < -0.4 is 10.1 Å². The second-order valence-corrected chi connectivity index (χ2v) is 7.87. The molecule has 1 unspecified atom stereocenters. The first kappa shape index (κ1) is 22.5. The molecule has 0 bridgehead atoms. The third-order valence-corrected chi connectivity index (χ3v) is 5.69. The van der Waals surface area contributed by atoms with Crippen LogP contribution in [0, 0.1) is 12.3 Å². The first-order valence-electron chi connectivity index (χ1n) is 11.1. The number of hydrogen-bond acceptors (Lipinski definition) is 4. The van der Waals surface area contributed by atoms with Gasteiger partial charge in [0, 0.05) is 33.3 Å². The van der Waals surface area contributed by atoms with Crippen molar-refractivity contribution < 1.29 is 14.2 Å². The number of nitrogens with zero attached hydrogens (tertiary/aromatic N) is 2. The summed E-state index contributed by atoms with van der Waals surface area (Å²) in [4.78, 5) is 6.79. The Balaban J connectivity index is 1.34. The zero-order valence-corrected chi connectivity index (χ0v) is 18.1. The van der Waals surface area contributed by atoms with Crippen LogP contribution in [0.3, 0.4) is 0 Å². The normalized spacial score (nSPS) is 20.6. The van der Waals surface area contributed by atoms with Crippen LogP contribution in [-0.2, 0) is 15.9 Å². The first-order valence-corrected chi connectivity index (χ1v) is 11.1. The number of aliphatic imine (C=N–C) groups is 1. The number of guanidine groups is 1. The van der Waals surface area contributed by atoms with Crippen LogP contribution in [0.1, 0.15) is 37.7 Å². The number of hydrogen-bond donors (Lipinski definition) is 1. The van der Waals surface area contributed by atoms with Crippen LogP contribution in [0.2, 0.25) is 0 Å². The van der Waals surface area contributed by atoms with Crippen LogP contribution in [0.15, 0.2) is 29.3 Å². The molecule has 0 aromatic heterocycles. The lowest BCUT2D eigenvalue weighted by Crippen LogP contribution is -2.47. The number of piperidine rings is 1. The van der Waals surface area contributed by atoms with E-state index in [0.717, 1.165) is 70.2 Å². The highest BCUT2D eigenvalue weighted by Gasteiger charge is 2.23. The van der Waals surface area contributed by atoms with E-state index in [1.165, 1.54) is 18.4 Å². The standard InChI is InChI=1S/C24H35N3O3/c1-3-17-28-21-9-7-20(8-10-21)11-14-26-24(25-2)27-15-12-22(13-16-27)30-19-23-6-4-5-18-29-23/h1,7-10,22-23H,4-6,11-19H2,2H3,(H,25,26). The van der Waals surface area contributed by atoms with Gasteiger partial charge in [-0.05, 0) is 56.2 Å². The molecule has 1 aromatic carbocycles. The average Bonchev–Trinajstić information content (AvgIpc) is 2.81. The van der Waals surface area contributed by atoms with E-state index >= 15 is 0 Å². The van der Waals surface area contributed by atoms with Crippen LogP contribution >= 0.6 is 0 Å². The van der Waals surface area contributed by atoms with E-state index in [-0.39, 0.29) is 0 Å². The van der Waals surface area contributed by atoms with Crippen molar-refractivity contribution in [2.24, 2.45) is 4.99 Å². The van der Waals surface area contributed by atoms with Gasteiger partial charge in [-0.1, -0.05) is 18.1 Å². The maximum atomic E-state index is 6.12. The smallest absolute Gasteiger partial charge is 0.193 e. The summed E-state index contributed by atoms with van der Waals surface area (Å²) >= 11 is 0. The van der Waals surface area contributed by atoms with Crippen molar-refractivity contribution in [3.63, 3.8) is 0 Å². The van der Waals surface area contributed by atoms with E-state index in [9.17, 15) is 0 Å². The van der Waals surface area contributed by atoms with Gasteiger partial charge in [-0.2, -0.15) is 0 Å². The SMILES string of the molecule is C#CCOc1ccc(CCNC(=NC)N2CCC(OCC3CCCCO3)CC2)cc1. The minimum absolute atomic E-state index is 0.296. The van der Waals surface area contributed by atoms with E-state index < -0.39 is 0 Å². The zero-order chi connectivity index (χ0) is 21.0. The van der Waals surface area contributed by atoms with Crippen molar-refractivity contribution in [3.8, 4) is 18.1 Å². The van der Waals surface area contributed by atoms with Crippen molar-refractivity contribution in [2.45, 2.75) is 50.7 Å². The molecule has 1 atom stereocenters. The minimum atomic E-state index is 0.296. The van der Waals surface area contributed by atoms with Gasteiger partial charge < -0.3 is 24.4 Å². The second-order valence-electron chi connectivity index (χ2n) is 7.87. The van der Waals surface area contributed by atoms with Gasteiger partial charge >= 0.3 is 0 Å². The van der Waals surface area contributed by atoms with Crippen molar-refractivity contribution >= 4 is 5.96 Å². The van der Waals surface area contributed by atoms with Gasteiger partial charge in [0.15, 0.2) is 5.96 Å². The molecule has 164 valence electrons. The van der Waals surface area contributed by atoms with Crippen molar-refractivity contribution in [2.75, 3.05) is 46.5 Å². The van der Waals surface area contributed by atoms with Gasteiger partial charge in [-0.25, -0.2) is 0 Å². The van der Waals surface area contributed by atoms with Gasteiger partial charge in [0.25, 0.3) is 0 Å². The van der Waals surface area contributed by atoms with Crippen LogP contribution in [0.4, 0.5) is 0 Å². The van der Waals surface area contributed by atoms with Gasteiger partial charge in [-0.3, -0.25) is 4.99 Å². The summed E-state index contributed by atoms with van der Waals surface area (Å²) in [7, 11) is 1.85. The van der Waals surface area contributed by atoms with Crippen molar-refractivity contribution in [1.29, 1.82) is 0 Å². The molecule has 30 heavy (non-hydrogen) atoms. The zero-order valence-electron chi connectivity index (χ0n) is 18.1. The lowest BCUT2D eigenvalue weighted by atomic mass is 10.1. The highest BCUT2D eigenvalue weighted by atomic mass is 16.5. The molecule has 0 radical (unpaired) electrons. The van der Waals surface area contributed by atoms with Gasteiger partial charge in [0.05, 0.1) is 18.8 Å². The monoisotopic (exact) mass is 413 g/mol. The molecule has 1 N–H and O–H groups in total. The molecule has 2 heterocycles. The van der Waals surface area contributed by atoms with E-state index in [4.69, 9.17) is 20.6 Å². The van der Waals surface area contributed by atoms with Crippen LogP contribution in [0.5, 0.6) is 5.75 Å². The highest BCUT2D eigenvalue weighted by Crippen LogP contribution is 2.18. The Morgan fingerprint density at radius 1 is 1.23 bits per heavy atom. The predicted octanol–water partition coefficient (Wildman–Crippen LogP) is 2.87. The maximum absolute atomic E-state index is 6.12. The quantitative estimate of drug-likeness (QED) is 0.404. The molecule has 6 heteroatoms. The molecule has 2 saturated heterocycles. The third kappa shape index (κ3) is 7.23. The second kappa shape index (κ2) is 12.5. The lowest BCUT2D eigenvalue weighted by Gasteiger charge is -2.35. The van der Waals surface area contributed by atoms with Crippen LogP contribution in [-0.4, -0.2) is 69.6 Å². The lowest BCUT2D eigenvalue weighted by molar-refractivity contribution is -0.0721. The molecule has 6 nitrogen and oxygen atoms in total. The molecule has 1 aromatic rings. The predicted molar refractivity (Wildman–Crippen MR) is 120 cm³/mol. The van der Waals surface area contributed by atoms with Crippen molar-refractivity contribution in [3.05, 3.63) is 29.8 Å². The summed E-state index contributed by atoms with van der Waals surface area (Å²) in [6.45, 7) is 4.70. The van der Waals surface area contributed by atoms with Crippen molar-refractivity contribution in [1.82, 2.24) is 10.2 Å². The molecule has 3 rings (SSSR count). The minimum Gasteiger partial charge on any atom is -0.481 e. The number of benzene rings is 1. The highest BCUT2D eigenvalue weighted by molar-refractivity contribution is 5.79. The summed E-state index contributed by atoms with van der Waals surface area (Å²) < 4.78 is 17.3. The number of terminal acetylenes is 1. The van der Waals surface area contributed by atoms with E-state index in [1.807, 2.05) is 19.2 Å². The maximum Gasteiger partial charge on any atom is 0.193 e. The fraction of sp³-hybridized carbons (Fsp3) is 0.625. The number of rotatable bonds is 8. The Bertz CT molecular complexity index is 685. The Labute approximate surface area is 181 Å². The number of ether oxygens (including phenoxy) is 3. The van der Waals surface area contributed by atoms with E-state index in [2.05, 4.69) is 33.3 Å². The molecule has 2 fully saturated rings. The Hall–Kier alpha value is -2.23. The summed E-state index contributed by atoms with van der Waals surface area (Å²) in [6.07, 6.45) is 12.4. The third-order valence-electron chi connectivity index (χ3n) is 5.69. The molecule has 0 spiro atoms. The van der Waals surface area contributed by atoms with Crippen LogP contribution in [0.25, 0.3) is 0 Å². The fourth-order valence-corrected chi connectivity index (χ4v) is 3.94. The molecular formula is C24H35N3O3. The van der Waals surface area contributed by atoms with Gasteiger partial charge in [0.1, 0.15) is 12.4 Å². The van der Waals surface area contributed by atoms with Gasteiger partial charge in [0.2, 0.25) is 0 Å². The Morgan fingerprint density at radius 3 is 2.70 bits per heavy atom. The molecule has 0 saturated carbocycles. The molecule has 0 aliphatic carbocycles. The first-order chi connectivity index (χ1) is 14.8. The number of nitrogens with one attached hydrogen (secondary N) is 1. The average molecular weight is 414 g/mol. The molecule has 0 amide bonds. The van der Waals surface area contributed by atoms with Gasteiger partial charge in [-0.15, -0.1) is 6.42 Å². The number of likely N-dealkylation sites (tertiary alicyclic amines) is 1. The van der Waals surface area contributed by atoms with E-state index in [0.29, 0.717) is 18.8 Å². The molecule has 2 aliphatic heterocycles. The summed E-state index contributed by atoms with van der Waals surface area (Å²) in [6, 6.07) is 8.08. The molecule has 2 aliphatic rings. The summed E-state index contributed by atoms with van der Waals surface area (Å²) in [5.74, 6) is 4.25. The summed E-state index contributed by atoms with van der Waals surface area (Å²) in [5, 5.41) is 3.49. The van der Waals surface area contributed by atoms with E-state index in [1.54, 1.807) is 0 Å². The largest absolute Gasteiger partial charge is 0.481 e. The Morgan fingerprint density at radius 2 is 2.03 bits per heavy atom. The summed E-state index contributed by atoms with van der Waals surface area (Å²) in [5.41, 5.74) is 1.25. The fourth-order valence-electron chi connectivity index (χ4n) is 3.94. The Kier molecular flexibility index (Phi) is 9.33. The topological polar surface area (TPSA) is 55.3 Å².